The van der Waals surface area contributed by atoms with Gasteiger partial charge in [-0.05, 0) is 96.7 Å². The SMILES string of the molecule is CC1(C)CC[C@]2(C(=O)O)CC[C@]3(C)C(=CC[C@@H]4[C@@]5(C)CC[C@H](O[C@@H]6O[C@H](CO)[C@@H](O)[C@H](O)[C@H]6O)C(C)(C)[C@@H]5CC[C@]43C)[C@@H]2[C@@H]1O. The Hall–Kier alpha value is -1.07. The molecule has 1 saturated heterocycles. The summed E-state index contributed by atoms with van der Waals surface area (Å²) in [6, 6.07) is 0. The fourth-order valence-electron chi connectivity index (χ4n) is 12.2. The molecule has 1 aliphatic heterocycles. The van der Waals surface area contributed by atoms with Gasteiger partial charge < -0.3 is 40.1 Å². The number of allylic oxidation sites excluding steroid dienone is 1. The van der Waals surface area contributed by atoms with Crippen LogP contribution < -0.4 is 0 Å². The molecule has 45 heavy (non-hydrogen) atoms. The summed E-state index contributed by atoms with van der Waals surface area (Å²) in [7, 11) is 0. The summed E-state index contributed by atoms with van der Waals surface area (Å²) in [6.07, 6.45) is 2.16. The average Bonchev–Trinajstić information content (AvgIpc) is 2.96. The zero-order valence-electron chi connectivity index (χ0n) is 28.3. The Morgan fingerprint density at radius 2 is 1.53 bits per heavy atom. The van der Waals surface area contributed by atoms with Crippen LogP contribution in [0.4, 0.5) is 0 Å². The predicted octanol–water partition coefficient (Wildman–Crippen LogP) is 4.03. The summed E-state index contributed by atoms with van der Waals surface area (Å²) < 4.78 is 12.2. The number of carboxylic acid groups (broad SMARTS) is 1. The van der Waals surface area contributed by atoms with Crippen LogP contribution in [0, 0.1) is 50.2 Å². The second kappa shape index (κ2) is 10.7. The maximum absolute atomic E-state index is 13.0. The van der Waals surface area contributed by atoms with Gasteiger partial charge in [-0.25, -0.2) is 0 Å². The fraction of sp³-hybridized carbons (Fsp3) is 0.917. The third-order valence-corrected chi connectivity index (χ3v) is 15.4. The molecule has 6 rings (SSSR count). The number of aliphatic hydroxyl groups is 5. The van der Waals surface area contributed by atoms with Gasteiger partial charge in [-0.15, -0.1) is 0 Å². The first kappa shape index (κ1) is 33.8. The van der Waals surface area contributed by atoms with Crippen molar-refractivity contribution < 1.29 is 44.9 Å². The van der Waals surface area contributed by atoms with E-state index in [4.69, 9.17) is 9.47 Å². The standard InChI is InChI=1S/C36H58O9/c1-31(2)14-16-36(30(42)43)17-15-34(6)19(24(36)28(31)41)8-9-22-33(5)12-11-23(32(3,4)21(33)10-13-35(22,34)7)45-29-27(40)26(39)25(38)20(18-37)44-29/h8,20-29,37-41H,9-18H2,1-7H3,(H,42,43)/t20-,21+,22-,23+,24-,25-,26+,27-,28+,29+,33+,34-,35-,36+/m1/s1. The van der Waals surface area contributed by atoms with Crippen LogP contribution in [-0.4, -0.2) is 86.1 Å². The predicted molar refractivity (Wildman–Crippen MR) is 167 cm³/mol. The van der Waals surface area contributed by atoms with Crippen LogP contribution in [0.25, 0.3) is 0 Å². The van der Waals surface area contributed by atoms with Crippen molar-refractivity contribution in [3.8, 4) is 0 Å². The summed E-state index contributed by atoms with van der Waals surface area (Å²) in [5, 5.41) is 63.5. The van der Waals surface area contributed by atoms with Crippen LogP contribution in [0.3, 0.4) is 0 Å². The number of carbonyl (C=O) groups is 1. The van der Waals surface area contributed by atoms with Crippen molar-refractivity contribution in [1.29, 1.82) is 0 Å². The lowest BCUT2D eigenvalue weighted by atomic mass is 9.33. The van der Waals surface area contributed by atoms with Crippen LogP contribution >= 0.6 is 0 Å². The first-order valence-electron chi connectivity index (χ1n) is 17.4. The van der Waals surface area contributed by atoms with E-state index in [1.54, 1.807) is 0 Å². The van der Waals surface area contributed by atoms with Gasteiger partial charge in [0.1, 0.15) is 24.4 Å². The molecule has 0 aromatic rings. The Morgan fingerprint density at radius 1 is 0.867 bits per heavy atom. The zero-order chi connectivity index (χ0) is 33.1. The van der Waals surface area contributed by atoms with Gasteiger partial charge >= 0.3 is 5.97 Å². The van der Waals surface area contributed by atoms with Crippen molar-refractivity contribution in [1.82, 2.24) is 0 Å². The molecule has 256 valence electrons. The number of fused-ring (bicyclic) bond motifs is 7. The van der Waals surface area contributed by atoms with Gasteiger partial charge in [0.05, 0.1) is 24.2 Å². The molecule has 0 unspecified atom stereocenters. The van der Waals surface area contributed by atoms with E-state index in [1.165, 1.54) is 5.57 Å². The number of hydrogen-bond acceptors (Lipinski definition) is 8. The molecule has 9 heteroatoms. The summed E-state index contributed by atoms with van der Waals surface area (Å²) >= 11 is 0. The Bertz CT molecular complexity index is 1210. The summed E-state index contributed by atoms with van der Waals surface area (Å²) in [6.45, 7) is 15.4. The minimum absolute atomic E-state index is 0.0113. The van der Waals surface area contributed by atoms with Gasteiger partial charge in [0.2, 0.25) is 0 Å². The monoisotopic (exact) mass is 634 g/mol. The van der Waals surface area contributed by atoms with Crippen LogP contribution in [0.2, 0.25) is 0 Å². The molecule has 14 atom stereocenters. The van der Waals surface area contributed by atoms with E-state index in [-0.39, 0.29) is 39.1 Å². The quantitative estimate of drug-likeness (QED) is 0.199. The average molecular weight is 635 g/mol. The molecule has 0 aromatic heterocycles. The molecule has 0 aromatic carbocycles. The Balaban J connectivity index is 1.31. The number of ether oxygens (including phenoxy) is 2. The number of aliphatic carboxylic acids is 1. The van der Waals surface area contributed by atoms with Gasteiger partial charge in [-0.3, -0.25) is 4.79 Å². The van der Waals surface area contributed by atoms with Crippen molar-refractivity contribution >= 4 is 5.97 Å². The highest BCUT2D eigenvalue weighted by Gasteiger charge is 2.70. The highest BCUT2D eigenvalue weighted by molar-refractivity contribution is 5.77. The zero-order valence-corrected chi connectivity index (χ0v) is 28.3. The highest BCUT2D eigenvalue weighted by Crippen LogP contribution is 2.76. The second-order valence-corrected chi connectivity index (χ2v) is 17.8. The molecule has 0 bridgehead atoms. The van der Waals surface area contributed by atoms with Gasteiger partial charge in [0, 0.05) is 5.92 Å². The number of aliphatic hydroxyl groups excluding tert-OH is 5. The fourth-order valence-corrected chi connectivity index (χ4v) is 12.2. The molecular formula is C36H58O9. The third kappa shape index (κ3) is 4.46. The van der Waals surface area contributed by atoms with Crippen LogP contribution in [0.1, 0.15) is 106 Å². The van der Waals surface area contributed by atoms with E-state index in [0.717, 1.165) is 38.5 Å². The molecule has 6 N–H and O–H groups in total. The molecule has 0 amide bonds. The van der Waals surface area contributed by atoms with Crippen LogP contribution in [0.5, 0.6) is 0 Å². The normalized spacial score (nSPS) is 53.6. The smallest absolute Gasteiger partial charge is 0.310 e. The summed E-state index contributed by atoms with van der Waals surface area (Å²) in [5.74, 6) is -0.449. The van der Waals surface area contributed by atoms with Gasteiger partial charge in [-0.1, -0.05) is 60.1 Å². The van der Waals surface area contributed by atoms with E-state index >= 15 is 0 Å². The molecule has 0 radical (unpaired) electrons. The molecule has 5 aliphatic carbocycles. The summed E-state index contributed by atoms with van der Waals surface area (Å²) in [5.41, 5.74) is -0.628. The summed E-state index contributed by atoms with van der Waals surface area (Å²) in [4.78, 5) is 13.0. The van der Waals surface area contributed by atoms with E-state index in [2.05, 4.69) is 54.5 Å². The topological polar surface area (TPSA) is 157 Å². The lowest BCUT2D eigenvalue weighted by Crippen LogP contribution is -2.67. The largest absolute Gasteiger partial charge is 0.481 e. The minimum atomic E-state index is -1.47. The molecule has 9 nitrogen and oxygen atoms in total. The Kier molecular flexibility index (Phi) is 8.05. The van der Waals surface area contributed by atoms with E-state index < -0.39 is 54.8 Å². The number of hydrogen-bond donors (Lipinski definition) is 6. The van der Waals surface area contributed by atoms with Crippen molar-refractivity contribution in [3.63, 3.8) is 0 Å². The Labute approximate surface area is 268 Å². The van der Waals surface area contributed by atoms with Crippen molar-refractivity contribution in [3.05, 3.63) is 11.6 Å². The minimum Gasteiger partial charge on any atom is -0.481 e. The van der Waals surface area contributed by atoms with Gasteiger partial charge in [0.25, 0.3) is 0 Å². The lowest BCUT2D eigenvalue weighted by molar-refractivity contribution is -0.330. The first-order valence-corrected chi connectivity index (χ1v) is 17.4. The van der Waals surface area contributed by atoms with Crippen LogP contribution in [0.15, 0.2) is 11.6 Å². The molecule has 4 saturated carbocycles. The van der Waals surface area contributed by atoms with Gasteiger partial charge in [-0.2, -0.15) is 0 Å². The highest BCUT2D eigenvalue weighted by atomic mass is 16.7. The number of carboxylic acids is 1. The van der Waals surface area contributed by atoms with Crippen LogP contribution in [-0.2, 0) is 14.3 Å². The number of rotatable bonds is 4. The third-order valence-electron chi connectivity index (χ3n) is 15.4. The molecule has 5 fully saturated rings. The van der Waals surface area contributed by atoms with Crippen molar-refractivity contribution in [2.24, 2.45) is 50.2 Å². The lowest BCUT2D eigenvalue weighted by Gasteiger charge is -2.71. The molecule has 1 heterocycles. The van der Waals surface area contributed by atoms with Crippen molar-refractivity contribution in [2.45, 2.75) is 149 Å². The van der Waals surface area contributed by atoms with Gasteiger partial charge in [0.15, 0.2) is 6.29 Å². The molecule has 0 spiro atoms. The van der Waals surface area contributed by atoms with E-state index in [1.807, 2.05) is 0 Å². The Morgan fingerprint density at radius 3 is 2.18 bits per heavy atom. The molecular weight excluding hydrogens is 576 g/mol. The van der Waals surface area contributed by atoms with E-state index in [9.17, 15) is 35.4 Å². The maximum atomic E-state index is 13.0. The van der Waals surface area contributed by atoms with Crippen molar-refractivity contribution in [2.75, 3.05) is 6.61 Å². The second-order valence-electron chi connectivity index (χ2n) is 17.8. The molecule has 6 aliphatic rings. The maximum Gasteiger partial charge on any atom is 0.310 e. The first-order chi connectivity index (χ1) is 20.8. The van der Waals surface area contributed by atoms with E-state index in [0.29, 0.717) is 31.1 Å².